The second kappa shape index (κ2) is 9.76. The number of carbonyl (C=O) groups excluding carboxylic acids is 1. The molecule has 1 aliphatic heterocycles. The van der Waals surface area contributed by atoms with E-state index >= 15 is 0 Å². The maximum atomic E-state index is 13.1. The molecule has 1 fully saturated rings. The molecule has 0 saturated carbocycles. The second-order valence-electron chi connectivity index (χ2n) is 8.34. The molecule has 33 heavy (non-hydrogen) atoms. The number of ether oxygens (including phenoxy) is 2. The van der Waals surface area contributed by atoms with Crippen LogP contribution >= 0.6 is 11.6 Å². The number of tetrazole rings is 1. The highest BCUT2D eigenvalue weighted by Crippen LogP contribution is 2.23. The first kappa shape index (κ1) is 23.0. The zero-order valence-corrected chi connectivity index (χ0v) is 19.7. The van der Waals surface area contributed by atoms with E-state index in [1.807, 2.05) is 29.2 Å². The summed E-state index contributed by atoms with van der Waals surface area (Å²) in [6, 6.07) is 14.6. The Morgan fingerprint density at radius 1 is 1.00 bits per heavy atom. The highest BCUT2D eigenvalue weighted by atomic mass is 35.5. The molecule has 1 aliphatic rings. The standard InChI is InChI=1S/C23H27ClN6O3/c1-23(2,33-20-8-4-17(24)5-9-20)22(31)29-14-12-28(13-15-29)16-21-25-26-27-30(21)18-6-10-19(32-3)11-7-18/h4-11H,12-16H2,1-3H3. The molecular weight excluding hydrogens is 444 g/mol. The zero-order valence-electron chi connectivity index (χ0n) is 18.9. The first-order valence-corrected chi connectivity index (χ1v) is 11.1. The van der Waals surface area contributed by atoms with E-state index in [0.717, 1.165) is 30.4 Å². The highest BCUT2D eigenvalue weighted by molar-refractivity contribution is 6.30. The number of rotatable bonds is 7. The normalized spacial score (nSPS) is 14.8. The van der Waals surface area contributed by atoms with Gasteiger partial charge in [0.2, 0.25) is 0 Å². The maximum Gasteiger partial charge on any atom is 0.266 e. The van der Waals surface area contributed by atoms with Crippen molar-refractivity contribution in [1.82, 2.24) is 30.0 Å². The van der Waals surface area contributed by atoms with E-state index in [1.54, 1.807) is 49.9 Å². The molecule has 0 unspecified atom stereocenters. The number of halogens is 1. The Morgan fingerprint density at radius 3 is 2.27 bits per heavy atom. The van der Waals surface area contributed by atoms with E-state index in [4.69, 9.17) is 21.1 Å². The van der Waals surface area contributed by atoms with Gasteiger partial charge in [0.1, 0.15) is 11.5 Å². The summed E-state index contributed by atoms with van der Waals surface area (Å²) in [5.41, 5.74) is -0.111. The van der Waals surface area contributed by atoms with Gasteiger partial charge in [-0.2, -0.15) is 4.68 Å². The first-order valence-electron chi connectivity index (χ1n) is 10.7. The number of amides is 1. The molecule has 1 amide bonds. The Kier molecular flexibility index (Phi) is 6.80. The molecule has 2 aromatic carbocycles. The van der Waals surface area contributed by atoms with Crippen LogP contribution in [0.3, 0.4) is 0 Å². The smallest absolute Gasteiger partial charge is 0.266 e. The van der Waals surface area contributed by atoms with Crippen molar-refractivity contribution in [3.63, 3.8) is 0 Å². The number of hydrogen-bond acceptors (Lipinski definition) is 7. The predicted molar refractivity (Wildman–Crippen MR) is 124 cm³/mol. The minimum Gasteiger partial charge on any atom is -0.497 e. The molecule has 0 atom stereocenters. The van der Waals surface area contributed by atoms with Crippen molar-refractivity contribution in [2.75, 3.05) is 33.3 Å². The number of nitrogens with zero attached hydrogens (tertiary/aromatic N) is 6. The topological polar surface area (TPSA) is 85.6 Å². The molecule has 10 heteroatoms. The fourth-order valence-electron chi connectivity index (χ4n) is 3.76. The number of aromatic nitrogens is 4. The molecule has 0 aliphatic carbocycles. The summed E-state index contributed by atoms with van der Waals surface area (Å²) in [5, 5.41) is 12.8. The van der Waals surface area contributed by atoms with Gasteiger partial charge in [0, 0.05) is 31.2 Å². The average molecular weight is 471 g/mol. The lowest BCUT2D eigenvalue weighted by atomic mass is 10.1. The monoisotopic (exact) mass is 470 g/mol. The van der Waals surface area contributed by atoms with E-state index in [1.165, 1.54) is 0 Å². The quantitative estimate of drug-likeness (QED) is 0.524. The Bertz CT molecular complexity index is 1080. The van der Waals surface area contributed by atoms with Crippen molar-refractivity contribution >= 4 is 17.5 Å². The Labute approximate surface area is 197 Å². The Hall–Kier alpha value is -3.17. The van der Waals surface area contributed by atoms with Crippen LogP contribution in [0.25, 0.3) is 5.69 Å². The van der Waals surface area contributed by atoms with E-state index < -0.39 is 5.60 Å². The van der Waals surface area contributed by atoms with Gasteiger partial charge in [-0.05, 0) is 72.8 Å². The van der Waals surface area contributed by atoms with Crippen LogP contribution in [0.2, 0.25) is 5.02 Å². The lowest BCUT2D eigenvalue weighted by molar-refractivity contribution is -0.147. The van der Waals surface area contributed by atoms with Crippen LogP contribution in [0, 0.1) is 0 Å². The average Bonchev–Trinajstić information content (AvgIpc) is 3.28. The number of carbonyl (C=O) groups is 1. The second-order valence-corrected chi connectivity index (χ2v) is 8.78. The largest absolute Gasteiger partial charge is 0.497 e. The van der Waals surface area contributed by atoms with Crippen LogP contribution in [0.5, 0.6) is 11.5 Å². The van der Waals surface area contributed by atoms with Crippen molar-refractivity contribution in [3.05, 3.63) is 59.4 Å². The van der Waals surface area contributed by atoms with Crippen LogP contribution in [0.1, 0.15) is 19.7 Å². The third-order valence-electron chi connectivity index (χ3n) is 5.58. The van der Waals surface area contributed by atoms with E-state index in [-0.39, 0.29) is 5.91 Å². The number of hydrogen-bond donors (Lipinski definition) is 0. The van der Waals surface area contributed by atoms with Gasteiger partial charge >= 0.3 is 0 Å². The molecule has 3 aromatic rings. The van der Waals surface area contributed by atoms with Gasteiger partial charge in [-0.25, -0.2) is 0 Å². The van der Waals surface area contributed by atoms with Gasteiger partial charge < -0.3 is 14.4 Å². The van der Waals surface area contributed by atoms with E-state index in [0.29, 0.717) is 30.4 Å². The summed E-state index contributed by atoms with van der Waals surface area (Å²) >= 11 is 5.93. The summed E-state index contributed by atoms with van der Waals surface area (Å²) in [6.45, 7) is 6.83. The van der Waals surface area contributed by atoms with E-state index in [2.05, 4.69) is 20.4 Å². The fraction of sp³-hybridized carbons (Fsp3) is 0.391. The summed E-state index contributed by atoms with van der Waals surface area (Å²) < 4.78 is 12.9. The zero-order chi connectivity index (χ0) is 23.4. The molecule has 0 bridgehead atoms. The third-order valence-corrected chi connectivity index (χ3v) is 5.83. The van der Waals surface area contributed by atoms with Gasteiger partial charge in [-0.1, -0.05) is 11.6 Å². The molecule has 0 radical (unpaired) electrons. The number of benzene rings is 2. The Balaban J connectivity index is 1.34. The summed E-state index contributed by atoms with van der Waals surface area (Å²) in [7, 11) is 1.63. The molecule has 174 valence electrons. The minimum atomic E-state index is -0.978. The molecule has 0 spiro atoms. The highest BCUT2D eigenvalue weighted by Gasteiger charge is 2.36. The Morgan fingerprint density at radius 2 is 1.64 bits per heavy atom. The number of piperazine rings is 1. The molecular formula is C23H27ClN6O3. The summed E-state index contributed by atoms with van der Waals surface area (Å²) in [5.74, 6) is 2.09. The fourth-order valence-corrected chi connectivity index (χ4v) is 3.89. The molecule has 4 rings (SSSR count). The van der Waals surface area contributed by atoms with Crippen molar-refractivity contribution in [3.8, 4) is 17.2 Å². The SMILES string of the molecule is COc1ccc(-n2nnnc2CN2CCN(C(=O)C(C)(C)Oc3ccc(Cl)cc3)CC2)cc1. The van der Waals surface area contributed by atoms with Crippen molar-refractivity contribution in [2.24, 2.45) is 0 Å². The lowest BCUT2D eigenvalue weighted by Gasteiger charge is -2.38. The van der Waals surface area contributed by atoms with Gasteiger partial charge in [-0.15, -0.1) is 5.10 Å². The lowest BCUT2D eigenvalue weighted by Crippen LogP contribution is -2.55. The van der Waals surface area contributed by atoms with Crippen molar-refractivity contribution in [2.45, 2.75) is 26.0 Å². The molecule has 0 N–H and O–H groups in total. The third kappa shape index (κ3) is 5.43. The van der Waals surface area contributed by atoms with Gasteiger partial charge in [0.25, 0.3) is 5.91 Å². The molecule has 2 heterocycles. The van der Waals surface area contributed by atoms with Crippen LogP contribution in [0.4, 0.5) is 0 Å². The maximum absolute atomic E-state index is 13.1. The minimum absolute atomic E-state index is 0.0415. The molecule has 1 saturated heterocycles. The molecule has 1 aromatic heterocycles. The van der Waals surface area contributed by atoms with Crippen LogP contribution in [-0.2, 0) is 11.3 Å². The summed E-state index contributed by atoms with van der Waals surface area (Å²) in [4.78, 5) is 17.2. The summed E-state index contributed by atoms with van der Waals surface area (Å²) in [6.07, 6.45) is 0. The van der Waals surface area contributed by atoms with E-state index in [9.17, 15) is 4.79 Å². The van der Waals surface area contributed by atoms with Crippen LogP contribution < -0.4 is 9.47 Å². The molecule has 9 nitrogen and oxygen atoms in total. The van der Waals surface area contributed by atoms with Gasteiger partial charge in [0.05, 0.1) is 19.3 Å². The van der Waals surface area contributed by atoms with Gasteiger partial charge in [0.15, 0.2) is 11.4 Å². The first-order chi connectivity index (χ1) is 15.9. The van der Waals surface area contributed by atoms with Crippen LogP contribution in [0.15, 0.2) is 48.5 Å². The van der Waals surface area contributed by atoms with Crippen molar-refractivity contribution in [1.29, 1.82) is 0 Å². The predicted octanol–water partition coefficient (Wildman–Crippen LogP) is 2.83. The van der Waals surface area contributed by atoms with Crippen LogP contribution in [-0.4, -0.2) is 74.8 Å². The van der Waals surface area contributed by atoms with Crippen molar-refractivity contribution < 1.29 is 14.3 Å². The number of methoxy groups -OCH3 is 1. The van der Waals surface area contributed by atoms with Gasteiger partial charge in [-0.3, -0.25) is 9.69 Å².